The van der Waals surface area contributed by atoms with Gasteiger partial charge in [0.15, 0.2) is 0 Å². The minimum atomic E-state index is -4.64. The molecule has 0 radical (unpaired) electrons. The minimum Gasteiger partial charge on any atom is -0.421 e. The molecule has 0 spiro atoms. The van der Waals surface area contributed by atoms with Crippen LogP contribution in [0.15, 0.2) is 29.3 Å². The molecule has 0 aliphatic heterocycles. The number of nitrogens with one attached hydrogen (secondary N) is 1. The van der Waals surface area contributed by atoms with E-state index in [0.717, 1.165) is 5.69 Å². The predicted molar refractivity (Wildman–Crippen MR) is 101 cm³/mol. The Kier molecular flexibility index (Phi) is 7.09. The zero-order chi connectivity index (χ0) is 21.7. The van der Waals surface area contributed by atoms with Gasteiger partial charge in [-0.05, 0) is 37.8 Å². The smallest absolute Gasteiger partial charge is 0.421 e. The van der Waals surface area contributed by atoms with Crippen molar-refractivity contribution in [2.24, 2.45) is 0 Å². The lowest BCUT2D eigenvalue weighted by Gasteiger charge is -2.32. The Bertz CT molecular complexity index is 880. The maximum atomic E-state index is 12.2. The van der Waals surface area contributed by atoms with Crippen LogP contribution in [0.25, 0.3) is 5.57 Å². The summed E-state index contributed by atoms with van der Waals surface area (Å²) in [6, 6.07) is 3.49. The van der Waals surface area contributed by atoms with Crippen LogP contribution in [-0.4, -0.2) is 40.1 Å². The van der Waals surface area contributed by atoms with E-state index in [1.54, 1.807) is 12.1 Å². The molecule has 162 valence electrons. The van der Waals surface area contributed by atoms with E-state index in [1.807, 2.05) is 0 Å². The highest BCUT2D eigenvalue weighted by Crippen LogP contribution is 2.41. The van der Waals surface area contributed by atoms with Crippen molar-refractivity contribution in [3.63, 3.8) is 0 Å². The number of aromatic nitrogens is 3. The van der Waals surface area contributed by atoms with E-state index in [0.29, 0.717) is 30.0 Å². The number of halogens is 4. The third-order valence-electron chi connectivity index (χ3n) is 4.63. The fraction of sp³-hybridized carbons (Fsp3) is 0.474. The number of carbonyl (C=O) groups is 1. The molecule has 1 amide bonds. The normalized spacial score (nSPS) is 18.7. The second kappa shape index (κ2) is 9.57. The fourth-order valence-electron chi connectivity index (χ4n) is 2.94. The molecule has 0 saturated heterocycles. The molecule has 7 nitrogen and oxygen atoms in total. The maximum absolute atomic E-state index is 12.2. The van der Waals surface area contributed by atoms with Crippen molar-refractivity contribution in [2.75, 3.05) is 6.54 Å². The van der Waals surface area contributed by atoms with Crippen molar-refractivity contribution >= 4 is 23.1 Å². The van der Waals surface area contributed by atoms with E-state index in [9.17, 15) is 18.0 Å². The molecule has 2 aromatic rings. The van der Waals surface area contributed by atoms with Crippen LogP contribution in [0.3, 0.4) is 0 Å². The van der Waals surface area contributed by atoms with Crippen molar-refractivity contribution in [1.29, 1.82) is 0 Å². The highest BCUT2D eigenvalue weighted by Gasteiger charge is 2.42. The van der Waals surface area contributed by atoms with Crippen LogP contribution in [0.4, 0.5) is 13.2 Å². The second-order valence-corrected chi connectivity index (χ2v) is 7.41. The van der Waals surface area contributed by atoms with Gasteiger partial charge in [0.25, 0.3) is 0 Å². The van der Waals surface area contributed by atoms with Gasteiger partial charge in [0.05, 0.1) is 11.1 Å². The van der Waals surface area contributed by atoms with Crippen LogP contribution >= 0.6 is 11.6 Å². The van der Waals surface area contributed by atoms with E-state index in [4.69, 9.17) is 16.0 Å². The quantitative estimate of drug-likeness (QED) is 0.627. The first kappa shape index (κ1) is 22.2. The number of hydrogen-bond donors (Lipinski definition) is 1. The van der Waals surface area contributed by atoms with Gasteiger partial charge in [0, 0.05) is 36.3 Å². The first-order valence-corrected chi connectivity index (χ1v) is 9.70. The molecular formula is C19H20ClF3N4O3. The molecule has 0 unspecified atom stereocenters. The van der Waals surface area contributed by atoms with E-state index < -0.39 is 12.5 Å². The summed E-state index contributed by atoms with van der Waals surface area (Å²) >= 11 is 5.77. The fourth-order valence-corrected chi connectivity index (χ4v) is 3.05. The van der Waals surface area contributed by atoms with Gasteiger partial charge in [-0.2, -0.15) is 0 Å². The number of nitrogens with zero attached hydrogens (tertiary/aromatic N) is 3. The lowest BCUT2D eigenvalue weighted by molar-refractivity contribution is -0.352. The summed E-state index contributed by atoms with van der Waals surface area (Å²) in [5, 5.41) is 11.1. The lowest BCUT2D eigenvalue weighted by atomic mass is 9.82. The second-order valence-electron chi connectivity index (χ2n) is 6.97. The van der Waals surface area contributed by atoms with Crippen molar-refractivity contribution in [3.8, 4) is 0 Å². The predicted octanol–water partition coefficient (Wildman–Crippen LogP) is 4.05. The SMILES string of the molecule is C=C(CCNC(=O)CCc1ccc(Cl)cn1)c1nnc([C@H]2C[C@@H](OC(F)(F)F)C2)o1. The number of amides is 1. The Balaban J connectivity index is 1.35. The molecule has 11 heteroatoms. The maximum Gasteiger partial charge on any atom is 0.522 e. The molecule has 3 rings (SSSR count). The zero-order valence-electron chi connectivity index (χ0n) is 15.9. The topological polar surface area (TPSA) is 90.1 Å². The van der Waals surface area contributed by atoms with Gasteiger partial charge in [-0.15, -0.1) is 23.4 Å². The van der Waals surface area contributed by atoms with Gasteiger partial charge in [0.1, 0.15) is 0 Å². The zero-order valence-corrected chi connectivity index (χ0v) is 16.7. The Hall–Kier alpha value is -2.46. The van der Waals surface area contributed by atoms with Gasteiger partial charge in [-0.25, -0.2) is 0 Å². The van der Waals surface area contributed by atoms with E-state index in [1.165, 1.54) is 6.20 Å². The number of aryl methyl sites for hydroxylation is 1. The molecular weight excluding hydrogens is 425 g/mol. The molecule has 1 aliphatic rings. The average Bonchev–Trinajstić information content (AvgIpc) is 3.13. The summed E-state index contributed by atoms with van der Waals surface area (Å²) < 4.78 is 46.0. The third-order valence-corrected chi connectivity index (χ3v) is 4.86. The number of carbonyl (C=O) groups excluding carboxylic acids is 1. The summed E-state index contributed by atoms with van der Waals surface area (Å²) in [6.45, 7) is 4.20. The summed E-state index contributed by atoms with van der Waals surface area (Å²) in [5.74, 6) is 0.0981. The average molecular weight is 445 g/mol. The summed E-state index contributed by atoms with van der Waals surface area (Å²) in [5.41, 5.74) is 1.31. The van der Waals surface area contributed by atoms with Crippen LogP contribution in [0, 0.1) is 0 Å². The van der Waals surface area contributed by atoms with E-state index in [-0.39, 0.29) is 42.9 Å². The first-order chi connectivity index (χ1) is 14.2. The third kappa shape index (κ3) is 6.53. The van der Waals surface area contributed by atoms with Crippen LogP contribution in [0.2, 0.25) is 5.02 Å². The molecule has 0 aromatic carbocycles. The van der Waals surface area contributed by atoms with Crippen molar-refractivity contribution in [1.82, 2.24) is 20.5 Å². The monoisotopic (exact) mass is 444 g/mol. The Morgan fingerprint density at radius 1 is 1.30 bits per heavy atom. The number of pyridine rings is 1. The molecule has 2 heterocycles. The van der Waals surface area contributed by atoms with Gasteiger partial charge in [-0.1, -0.05) is 18.2 Å². The number of ether oxygens (including phenoxy) is 1. The van der Waals surface area contributed by atoms with E-state index in [2.05, 4.69) is 31.8 Å². The molecule has 1 aliphatic carbocycles. The number of alkyl halides is 3. The standard InChI is InChI=1S/C19H20ClF3N4O3/c1-11(6-7-24-16(28)5-4-14-3-2-13(20)10-25-14)17-26-27-18(29-17)12-8-15(9-12)30-19(21,22)23/h2-3,10,12,15H,1,4-9H2,(H,24,28)/t12-,15+. The van der Waals surface area contributed by atoms with Gasteiger partial charge in [-0.3, -0.25) is 14.5 Å². The molecule has 2 aromatic heterocycles. The van der Waals surface area contributed by atoms with Gasteiger partial charge < -0.3 is 9.73 Å². The minimum absolute atomic E-state index is 0.129. The Morgan fingerprint density at radius 3 is 2.73 bits per heavy atom. The Morgan fingerprint density at radius 2 is 2.07 bits per heavy atom. The van der Waals surface area contributed by atoms with Crippen molar-refractivity contribution < 1.29 is 27.1 Å². The highest BCUT2D eigenvalue weighted by molar-refractivity contribution is 6.30. The van der Waals surface area contributed by atoms with Gasteiger partial charge in [0.2, 0.25) is 17.7 Å². The lowest BCUT2D eigenvalue weighted by Crippen LogP contribution is -2.34. The van der Waals surface area contributed by atoms with Gasteiger partial charge >= 0.3 is 6.36 Å². The summed E-state index contributed by atoms with van der Waals surface area (Å²) in [7, 11) is 0. The van der Waals surface area contributed by atoms with Crippen LogP contribution < -0.4 is 5.32 Å². The molecule has 1 N–H and O–H groups in total. The van der Waals surface area contributed by atoms with Crippen LogP contribution in [0.5, 0.6) is 0 Å². The summed E-state index contributed by atoms with van der Waals surface area (Å²) in [4.78, 5) is 16.1. The highest BCUT2D eigenvalue weighted by atomic mass is 35.5. The summed E-state index contributed by atoms with van der Waals surface area (Å²) in [6.07, 6.45) is -2.46. The van der Waals surface area contributed by atoms with Crippen LogP contribution in [-0.2, 0) is 16.0 Å². The van der Waals surface area contributed by atoms with Crippen LogP contribution in [0.1, 0.15) is 49.1 Å². The molecule has 30 heavy (non-hydrogen) atoms. The molecule has 1 saturated carbocycles. The number of rotatable bonds is 9. The first-order valence-electron chi connectivity index (χ1n) is 9.33. The van der Waals surface area contributed by atoms with Crippen molar-refractivity contribution in [2.45, 2.75) is 50.5 Å². The molecule has 1 fully saturated rings. The van der Waals surface area contributed by atoms with E-state index >= 15 is 0 Å². The molecule has 0 bridgehead atoms. The van der Waals surface area contributed by atoms with Crippen molar-refractivity contribution in [3.05, 3.63) is 47.4 Å². The molecule has 0 atom stereocenters. The number of hydrogen-bond acceptors (Lipinski definition) is 6. The Labute approximate surface area is 175 Å². The largest absolute Gasteiger partial charge is 0.522 e.